The highest BCUT2D eigenvalue weighted by molar-refractivity contribution is 14.0. The molecular weight excluding hydrogens is 497 g/mol. The summed E-state index contributed by atoms with van der Waals surface area (Å²) in [5.41, 5.74) is 0.824. The Kier molecular flexibility index (Phi) is 9.86. The van der Waals surface area contributed by atoms with Crippen molar-refractivity contribution in [1.82, 2.24) is 25.3 Å². The summed E-state index contributed by atoms with van der Waals surface area (Å²) in [5, 5.41) is 10.4. The Balaban J connectivity index is 0.00000320. The van der Waals surface area contributed by atoms with Crippen molar-refractivity contribution >= 4 is 47.4 Å². The summed E-state index contributed by atoms with van der Waals surface area (Å²) >= 11 is 0. The molecule has 2 fully saturated rings. The molecule has 1 aliphatic heterocycles. The minimum Gasteiger partial charge on any atom is -0.357 e. The molecule has 9 nitrogen and oxygen atoms in total. The van der Waals surface area contributed by atoms with Gasteiger partial charge >= 0.3 is 0 Å². The van der Waals surface area contributed by atoms with Gasteiger partial charge in [-0.05, 0) is 19.8 Å². The second kappa shape index (κ2) is 12.1. The summed E-state index contributed by atoms with van der Waals surface area (Å²) in [6, 6.07) is 0. The van der Waals surface area contributed by atoms with Gasteiger partial charge in [0.15, 0.2) is 5.96 Å². The van der Waals surface area contributed by atoms with Crippen LogP contribution in [0.2, 0.25) is 0 Å². The number of hydrogen-bond donors (Lipinski definition) is 2. The lowest BCUT2D eigenvalue weighted by molar-refractivity contribution is -0.125. The molecule has 3 rings (SSSR count). The molecule has 2 heterocycles. The molecule has 10 heteroatoms. The number of guanidine groups is 1. The van der Waals surface area contributed by atoms with Gasteiger partial charge in [-0.2, -0.15) is 5.10 Å². The quantitative estimate of drug-likeness (QED) is 0.250. The summed E-state index contributed by atoms with van der Waals surface area (Å²) in [6.07, 6.45) is 9.11. The van der Waals surface area contributed by atoms with Crippen molar-refractivity contribution in [1.29, 1.82) is 0 Å². The Hall–Kier alpha value is -1.85. The highest BCUT2D eigenvalue weighted by atomic mass is 127. The highest BCUT2D eigenvalue weighted by Crippen LogP contribution is 2.23. The first-order valence-corrected chi connectivity index (χ1v) is 10.7. The van der Waals surface area contributed by atoms with Crippen LogP contribution in [0.5, 0.6) is 0 Å². The van der Waals surface area contributed by atoms with Gasteiger partial charge in [0.05, 0.1) is 18.4 Å². The number of nitrogens with zero attached hydrogens (tertiary/aromatic N) is 5. The van der Waals surface area contributed by atoms with E-state index in [9.17, 15) is 9.59 Å². The number of amides is 2. The van der Waals surface area contributed by atoms with Gasteiger partial charge in [0.2, 0.25) is 11.8 Å². The largest absolute Gasteiger partial charge is 0.357 e. The Morgan fingerprint density at radius 3 is 2.63 bits per heavy atom. The Morgan fingerprint density at radius 1 is 1.23 bits per heavy atom. The lowest BCUT2D eigenvalue weighted by atomic mass is 9.89. The van der Waals surface area contributed by atoms with Gasteiger partial charge in [0.1, 0.15) is 6.54 Å². The molecule has 1 saturated heterocycles. The number of aliphatic imine (C=N–C) groups is 1. The van der Waals surface area contributed by atoms with Crippen LogP contribution in [0.3, 0.4) is 0 Å². The minimum absolute atomic E-state index is 0. The van der Waals surface area contributed by atoms with Gasteiger partial charge in [0, 0.05) is 45.3 Å². The molecule has 0 atom stereocenters. The molecule has 1 saturated carbocycles. The van der Waals surface area contributed by atoms with Crippen molar-refractivity contribution in [2.75, 3.05) is 44.2 Å². The maximum absolute atomic E-state index is 12.6. The number of piperazine rings is 1. The molecule has 0 radical (unpaired) electrons. The Morgan fingerprint density at radius 2 is 2.00 bits per heavy atom. The van der Waals surface area contributed by atoms with E-state index in [2.05, 4.69) is 20.7 Å². The Bertz CT molecular complexity index is 730. The van der Waals surface area contributed by atoms with E-state index in [1.165, 1.54) is 6.42 Å². The van der Waals surface area contributed by atoms with Gasteiger partial charge in [-0.25, -0.2) is 0 Å². The third-order valence-corrected chi connectivity index (χ3v) is 5.51. The van der Waals surface area contributed by atoms with E-state index in [1.807, 2.05) is 25.1 Å². The molecule has 1 aromatic rings. The zero-order valence-electron chi connectivity index (χ0n) is 18.0. The van der Waals surface area contributed by atoms with E-state index in [0.29, 0.717) is 26.2 Å². The second-order valence-corrected chi connectivity index (χ2v) is 7.70. The average molecular weight is 531 g/mol. The van der Waals surface area contributed by atoms with Crippen molar-refractivity contribution in [3.05, 3.63) is 12.4 Å². The van der Waals surface area contributed by atoms with Gasteiger partial charge in [-0.15, -0.1) is 24.0 Å². The Labute approximate surface area is 195 Å². The number of hydrogen-bond acceptors (Lipinski definition) is 4. The van der Waals surface area contributed by atoms with Crippen LogP contribution in [0.15, 0.2) is 17.4 Å². The van der Waals surface area contributed by atoms with Crippen LogP contribution in [0.25, 0.3) is 0 Å². The number of carbonyl (C=O) groups is 2. The van der Waals surface area contributed by atoms with E-state index in [0.717, 1.165) is 43.9 Å². The van der Waals surface area contributed by atoms with Crippen LogP contribution in [0.4, 0.5) is 5.69 Å². The second-order valence-electron chi connectivity index (χ2n) is 7.70. The SMILES string of the molecule is CCNC(=NCCNC(=O)C1CCCCC1)N1CCN(c2cnn(C)c2)C(=O)C1.I. The number of nitrogens with one attached hydrogen (secondary N) is 2. The highest BCUT2D eigenvalue weighted by Gasteiger charge is 2.27. The van der Waals surface area contributed by atoms with Crippen LogP contribution < -0.4 is 15.5 Å². The van der Waals surface area contributed by atoms with Crippen LogP contribution >= 0.6 is 24.0 Å². The summed E-state index contributed by atoms with van der Waals surface area (Å²) < 4.78 is 1.70. The molecule has 0 spiro atoms. The summed E-state index contributed by atoms with van der Waals surface area (Å²) in [7, 11) is 1.84. The van der Waals surface area contributed by atoms with Crippen LogP contribution in [0, 0.1) is 5.92 Å². The number of aromatic nitrogens is 2. The van der Waals surface area contributed by atoms with E-state index in [4.69, 9.17) is 0 Å². The third-order valence-electron chi connectivity index (χ3n) is 5.51. The van der Waals surface area contributed by atoms with E-state index < -0.39 is 0 Å². The zero-order valence-corrected chi connectivity index (χ0v) is 20.3. The van der Waals surface area contributed by atoms with Crippen LogP contribution in [-0.4, -0.2) is 71.7 Å². The molecule has 1 aromatic heterocycles. The van der Waals surface area contributed by atoms with E-state index >= 15 is 0 Å². The number of anilines is 1. The fraction of sp³-hybridized carbons (Fsp3) is 0.700. The monoisotopic (exact) mass is 531 g/mol. The van der Waals surface area contributed by atoms with Gasteiger partial charge in [0.25, 0.3) is 0 Å². The normalized spacial score (nSPS) is 18.2. The number of halogens is 1. The number of carbonyl (C=O) groups excluding carboxylic acids is 2. The minimum atomic E-state index is 0. The molecule has 2 aliphatic rings. The van der Waals surface area contributed by atoms with Gasteiger partial charge in [-0.3, -0.25) is 19.3 Å². The maximum Gasteiger partial charge on any atom is 0.246 e. The van der Waals surface area contributed by atoms with Gasteiger partial charge < -0.3 is 20.4 Å². The number of rotatable bonds is 6. The van der Waals surface area contributed by atoms with Crippen LogP contribution in [-0.2, 0) is 16.6 Å². The number of aryl methyl sites for hydroxylation is 1. The van der Waals surface area contributed by atoms with Crippen molar-refractivity contribution in [3.8, 4) is 0 Å². The molecule has 0 unspecified atom stereocenters. The van der Waals surface area contributed by atoms with Gasteiger partial charge in [-0.1, -0.05) is 19.3 Å². The molecule has 30 heavy (non-hydrogen) atoms. The first-order valence-electron chi connectivity index (χ1n) is 10.7. The molecule has 0 aromatic carbocycles. The molecular formula is C20H34IN7O2. The summed E-state index contributed by atoms with van der Waals surface area (Å²) in [4.78, 5) is 33.2. The fourth-order valence-corrected chi connectivity index (χ4v) is 3.95. The standard InChI is InChI=1S/C20H33N7O2.HI/c1-3-21-20(23-10-9-22-19(29)16-7-5-4-6-8-16)26-11-12-27(18(28)15-26)17-13-24-25(2)14-17;/h13-14,16H,3-12,15H2,1-2H3,(H,21,23)(H,22,29);1H. The smallest absolute Gasteiger partial charge is 0.246 e. The lowest BCUT2D eigenvalue weighted by Crippen LogP contribution is -2.55. The molecule has 2 amide bonds. The topological polar surface area (TPSA) is 94.9 Å². The predicted octanol–water partition coefficient (Wildman–Crippen LogP) is 1.35. The van der Waals surface area contributed by atoms with Crippen molar-refractivity contribution in [2.24, 2.45) is 18.0 Å². The predicted molar refractivity (Wildman–Crippen MR) is 128 cm³/mol. The fourth-order valence-electron chi connectivity index (χ4n) is 3.95. The molecule has 2 N–H and O–H groups in total. The zero-order chi connectivity index (χ0) is 20.6. The van der Waals surface area contributed by atoms with Crippen molar-refractivity contribution in [3.63, 3.8) is 0 Å². The first-order chi connectivity index (χ1) is 14.1. The van der Waals surface area contributed by atoms with Crippen molar-refractivity contribution in [2.45, 2.75) is 39.0 Å². The maximum atomic E-state index is 12.6. The first kappa shape index (κ1) is 24.4. The van der Waals surface area contributed by atoms with Crippen LogP contribution in [0.1, 0.15) is 39.0 Å². The summed E-state index contributed by atoms with van der Waals surface area (Å²) in [6.45, 7) is 5.31. The van der Waals surface area contributed by atoms with Crippen molar-refractivity contribution < 1.29 is 9.59 Å². The van der Waals surface area contributed by atoms with E-state index in [-0.39, 0.29) is 48.3 Å². The molecule has 168 valence electrons. The van der Waals surface area contributed by atoms with E-state index in [1.54, 1.807) is 15.8 Å². The third kappa shape index (κ3) is 6.58. The lowest BCUT2D eigenvalue weighted by Gasteiger charge is -2.35. The molecule has 1 aliphatic carbocycles. The summed E-state index contributed by atoms with van der Waals surface area (Å²) in [5.74, 6) is 1.07. The molecule has 0 bridgehead atoms. The average Bonchev–Trinajstić information content (AvgIpc) is 3.16.